The molecule has 5 heteroatoms. The van der Waals surface area contributed by atoms with Gasteiger partial charge < -0.3 is 10.1 Å². The fraction of sp³-hybridized carbons (Fsp3) is 0.214. The zero-order chi connectivity index (χ0) is 13.8. The Kier molecular flexibility index (Phi) is 4.22. The highest BCUT2D eigenvalue weighted by Crippen LogP contribution is 2.31. The van der Waals surface area contributed by atoms with Gasteiger partial charge in [0.15, 0.2) is 5.15 Å². The number of anilines is 1. The molecule has 19 heavy (non-hydrogen) atoms. The van der Waals surface area contributed by atoms with E-state index in [0.29, 0.717) is 22.2 Å². The van der Waals surface area contributed by atoms with Crippen LogP contribution in [0.5, 0.6) is 5.75 Å². The van der Waals surface area contributed by atoms with Gasteiger partial charge in [-0.25, -0.2) is 9.37 Å². The van der Waals surface area contributed by atoms with Crippen LogP contribution in [0.25, 0.3) is 0 Å². The number of nitrogens with zero attached hydrogens (tertiary/aromatic N) is 1. The first-order valence-electron chi connectivity index (χ1n) is 5.83. The zero-order valence-corrected chi connectivity index (χ0v) is 11.4. The highest BCUT2D eigenvalue weighted by molar-refractivity contribution is 6.31. The second kappa shape index (κ2) is 5.89. The molecule has 0 spiro atoms. The monoisotopic (exact) mass is 280 g/mol. The van der Waals surface area contributed by atoms with Crippen molar-refractivity contribution in [2.24, 2.45) is 0 Å². The first-order chi connectivity index (χ1) is 9.13. The second-order valence-corrected chi connectivity index (χ2v) is 4.42. The lowest BCUT2D eigenvalue weighted by Gasteiger charge is -2.19. The number of hydrogen-bond donors (Lipinski definition) is 1. The van der Waals surface area contributed by atoms with Gasteiger partial charge in [-0.1, -0.05) is 17.7 Å². The van der Waals surface area contributed by atoms with E-state index in [9.17, 15) is 4.39 Å². The van der Waals surface area contributed by atoms with Gasteiger partial charge in [0, 0.05) is 6.20 Å². The molecule has 1 unspecified atom stereocenters. The molecule has 0 saturated heterocycles. The molecule has 0 radical (unpaired) electrons. The van der Waals surface area contributed by atoms with E-state index in [-0.39, 0.29) is 11.9 Å². The van der Waals surface area contributed by atoms with Crippen molar-refractivity contribution < 1.29 is 9.13 Å². The molecule has 0 aliphatic rings. The summed E-state index contributed by atoms with van der Waals surface area (Å²) in [6.45, 7) is 1.84. The molecule has 0 aliphatic heterocycles. The minimum absolute atomic E-state index is 0.294. The van der Waals surface area contributed by atoms with Crippen molar-refractivity contribution in [3.8, 4) is 5.75 Å². The molecule has 3 nitrogen and oxygen atoms in total. The third kappa shape index (κ3) is 2.96. The van der Waals surface area contributed by atoms with Crippen molar-refractivity contribution in [2.45, 2.75) is 13.0 Å². The molecule has 2 rings (SSSR count). The first-order valence-corrected chi connectivity index (χ1v) is 6.20. The predicted octanol–water partition coefficient (Wildman–Crippen LogP) is 4.06. The Bertz CT molecular complexity index is 577. The van der Waals surface area contributed by atoms with Gasteiger partial charge in [0.2, 0.25) is 0 Å². The van der Waals surface area contributed by atoms with E-state index >= 15 is 0 Å². The summed E-state index contributed by atoms with van der Waals surface area (Å²) < 4.78 is 19.1. The van der Waals surface area contributed by atoms with Crippen molar-refractivity contribution in [2.75, 3.05) is 12.4 Å². The van der Waals surface area contributed by atoms with E-state index in [2.05, 4.69) is 10.3 Å². The standard InChI is InChI=1S/C14H14ClFN2O/c1-9(18-11-6-4-8-17-14(11)15)13-10(16)5-3-7-12(13)19-2/h3-9,18H,1-2H3. The van der Waals surface area contributed by atoms with Gasteiger partial charge in [0.1, 0.15) is 11.6 Å². The maximum absolute atomic E-state index is 13.9. The molecule has 1 aromatic carbocycles. The van der Waals surface area contributed by atoms with Crippen LogP contribution >= 0.6 is 11.6 Å². The van der Waals surface area contributed by atoms with Crippen molar-refractivity contribution in [3.63, 3.8) is 0 Å². The quantitative estimate of drug-likeness (QED) is 0.858. The van der Waals surface area contributed by atoms with Crippen LogP contribution in [-0.2, 0) is 0 Å². The van der Waals surface area contributed by atoms with E-state index in [0.717, 1.165) is 0 Å². The van der Waals surface area contributed by atoms with E-state index in [1.807, 2.05) is 6.92 Å². The van der Waals surface area contributed by atoms with Gasteiger partial charge >= 0.3 is 0 Å². The van der Waals surface area contributed by atoms with Gasteiger partial charge in [-0.3, -0.25) is 0 Å². The zero-order valence-electron chi connectivity index (χ0n) is 10.7. The van der Waals surface area contributed by atoms with Gasteiger partial charge in [-0.2, -0.15) is 0 Å². The molecule has 0 fully saturated rings. The molecule has 0 amide bonds. The SMILES string of the molecule is COc1cccc(F)c1C(C)Nc1cccnc1Cl. The Hall–Kier alpha value is -1.81. The Balaban J connectivity index is 2.30. The van der Waals surface area contributed by atoms with Crippen molar-refractivity contribution in [3.05, 3.63) is 53.1 Å². The summed E-state index contributed by atoms with van der Waals surface area (Å²) in [7, 11) is 1.52. The Morgan fingerprint density at radius 3 is 2.79 bits per heavy atom. The molecule has 1 N–H and O–H groups in total. The summed E-state index contributed by atoms with van der Waals surface area (Å²) in [4.78, 5) is 3.97. The van der Waals surface area contributed by atoms with E-state index < -0.39 is 0 Å². The number of nitrogens with one attached hydrogen (secondary N) is 1. The highest BCUT2D eigenvalue weighted by atomic mass is 35.5. The van der Waals surface area contributed by atoms with Gasteiger partial charge in [-0.15, -0.1) is 0 Å². The van der Waals surface area contributed by atoms with Crippen LogP contribution in [-0.4, -0.2) is 12.1 Å². The smallest absolute Gasteiger partial charge is 0.152 e. The van der Waals surface area contributed by atoms with E-state index in [1.54, 1.807) is 30.5 Å². The topological polar surface area (TPSA) is 34.1 Å². The molecular weight excluding hydrogens is 267 g/mol. The number of ether oxygens (including phenoxy) is 1. The molecule has 1 heterocycles. The summed E-state index contributed by atoms with van der Waals surface area (Å²) in [6, 6.07) is 8.00. The number of halogens is 2. The second-order valence-electron chi connectivity index (χ2n) is 4.06. The van der Waals surface area contributed by atoms with Crippen LogP contribution < -0.4 is 10.1 Å². The number of pyridine rings is 1. The average molecular weight is 281 g/mol. The summed E-state index contributed by atoms with van der Waals surface area (Å²) in [6.07, 6.45) is 1.60. The number of aromatic nitrogens is 1. The minimum atomic E-state index is -0.320. The predicted molar refractivity (Wildman–Crippen MR) is 74.2 cm³/mol. The molecule has 1 aromatic heterocycles. The Morgan fingerprint density at radius 1 is 1.32 bits per heavy atom. The summed E-state index contributed by atoms with van der Waals surface area (Å²) in [5, 5.41) is 3.48. The minimum Gasteiger partial charge on any atom is -0.496 e. The largest absolute Gasteiger partial charge is 0.496 e. The lowest BCUT2D eigenvalue weighted by atomic mass is 10.1. The molecule has 0 aliphatic carbocycles. The van der Waals surface area contributed by atoms with Crippen LogP contribution in [0.3, 0.4) is 0 Å². The number of rotatable bonds is 4. The van der Waals surface area contributed by atoms with Crippen LogP contribution in [0, 0.1) is 5.82 Å². The summed E-state index contributed by atoms with van der Waals surface area (Å²) in [5.41, 5.74) is 1.12. The number of hydrogen-bond acceptors (Lipinski definition) is 3. The molecule has 0 saturated carbocycles. The average Bonchev–Trinajstić information content (AvgIpc) is 2.40. The lowest BCUT2D eigenvalue weighted by molar-refractivity contribution is 0.402. The van der Waals surface area contributed by atoms with Crippen molar-refractivity contribution >= 4 is 17.3 Å². The fourth-order valence-corrected chi connectivity index (χ4v) is 2.09. The maximum atomic E-state index is 13.9. The number of benzene rings is 1. The van der Waals surface area contributed by atoms with Crippen LogP contribution in [0.2, 0.25) is 5.15 Å². The first kappa shape index (κ1) is 13.6. The third-order valence-electron chi connectivity index (χ3n) is 2.80. The van der Waals surface area contributed by atoms with Crippen LogP contribution in [0.4, 0.5) is 10.1 Å². The highest BCUT2D eigenvalue weighted by Gasteiger charge is 2.17. The van der Waals surface area contributed by atoms with Crippen molar-refractivity contribution in [1.29, 1.82) is 0 Å². The molecular formula is C14H14ClFN2O. The Morgan fingerprint density at radius 2 is 2.11 bits per heavy atom. The maximum Gasteiger partial charge on any atom is 0.152 e. The van der Waals surface area contributed by atoms with Crippen molar-refractivity contribution in [1.82, 2.24) is 4.98 Å². The van der Waals surface area contributed by atoms with Gasteiger partial charge in [0.25, 0.3) is 0 Å². The van der Waals surface area contributed by atoms with Gasteiger partial charge in [0.05, 0.1) is 24.4 Å². The fourth-order valence-electron chi connectivity index (χ4n) is 1.91. The molecule has 100 valence electrons. The molecule has 0 bridgehead atoms. The van der Waals surface area contributed by atoms with Crippen LogP contribution in [0.1, 0.15) is 18.5 Å². The van der Waals surface area contributed by atoms with E-state index in [4.69, 9.17) is 16.3 Å². The van der Waals surface area contributed by atoms with E-state index in [1.165, 1.54) is 13.2 Å². The Labute approximate surface area is 116 Å². The molecule has 1 atom stereocenters. The summed E-state index contributed by atoms with van der Waals surface area (Å²) in [5.74, 6) is 0.180. The number of methoxy groups -OCH3 is 1. The van der Waals surface area contributed by atoms with Gasteiger partial charge in [-0.05, 0) is 31.2 Å². The normalized spacial score (nSPS) is 12.0. The third-order valence-corrected chi connectivity index (χ3v) is 3.10. The lowest BCUT2D eigenvalue weighted by Crippen LogP contribution is -2.10. The summed E-state index contributed by atoms with van der Waals surface area (Å²) >= 11 is 5.97. The van der Waals surface area contributed by atoms with Crippen LogP contribution in [0.15, 0.2) is 36.5 Å². The molecule has 2 aromatic rings.